The van der Waals surface area contributed by atoms with Gasteiger partial charge in [0.05, 0.1) is 16.9 Å². The molecule has 0 saturated carbocycles. The molecule has 0 spiro atoms. The number of nitrogens with zero attached hydrogens (tertiary/aromatic N) is 3. The van der Waals surface area contributed by atoms with Crippen LogP contribution in [0.25, 0.3) is 11.3 Å². The average molecular weight is 473 g/mol. The summed E-state index contributed by atoms with van der Waals surface area (Å²) in [5.41, 5.74) is 2.04. The molecule has 0 unspecified atom stereocenters. The monoisotopic (exact) mass is 472 g/mol. The standard InChI is InChI=1S/C24H29ClN4O4/c1-14(22(31)33-24(2,3)4)29-13-16-6-5-15(11-18(16)21(29)30)20-19(25)12-26-23(28-20)27-17-7-9-32-10-8-17/h5-6,11-12,14,17H,7-10,13H2,1-4H3,(H,26,27,28)/t14-/m0/s1. The number of rotatable bonds is 5. The van der Waals surface area contributed by atoms with Gasteiger partial charge >= 0.3 is 5.97 Å². The Kier molecular flexibility index (Phi) is 6.59. The van der Waals surface area contributed by atoms with E-state index in [1.165, 1.54) is 4.90 Å². The largest absolute Gasteiger partial charge is 0.458 e. The molecule has 1 N–H and O–H groups in total. The van der Waals surface area contributed by atoms with Crippen molar-refractivity contribution in [3.8, 4) is 11.3 Å². The van der Waals surface area contributed by atoms with Gasteiger partial charge in [-0.2, -0.15) is 0 Å². The smallest absolute Gasteiger partial charge is 0.329 e. The summed E-state index contributed by atoms with van der Waals surface area (Å²) in [7, 11) is 0. The lowest BCUT2D eigenvalue weighted by Gasteiger charge is -2.27. The van der Waals surface area contributed by atoms with Gasteiger partial charge in [0.1, 0.15) is 11.6 Å². The van der Waals surface area contributed by atoms with Crippen LogP contribution in [0.1, 0.15) is 56.5 Å². The molecule has 1 aromatic heterocycles. The molecule has 9 heteroatoms. The summed E-state index contributed by atoms with van der Waals surface area (Å²) in [5, 5.41) is 3.74. The first-order valence-corrected chi connectivity index (χ1v) is 11.5. The van der Waals surface area contributed by atoms with Crippen LogP contribution in [0.3, 0.4) is 0 Å². The summed E-state index contributed by atoms with van der Waals surface area (Å²) >= 11 is 6.41. The highest BCUT2D eigenvalue weighted by Gasteiger charge is 2.36. The zero-order chi connectivity index (χ0) is 23.8. The Morgan fingerprint density at radius 2 is 2.03 bits per heavy atom. The van der Waals surface area contributed by atoms with E-state index >= 15 is 0 Å². The molecule has 0 bridgehead atoms. The van der Waals surface area contributed by atoms with Crippen molar-refractivity contribution in [1.29, 1.82) is 0 Å². The Bertz CT molecular complexity index is 1060. The van der Waals surface area contributed by atoms with Gasteiger partial charge in [-0.3, -0.25) is 4.79 Å². The van der Waals surface area contributed by atoms with Gasteiger partial charge in [0.15, 0.2) is 0 Å². The van der Waals surface area contributed by atoms with Gasteiger partial charge in [-0.05, 0) is 52.2 Å². The number of halogens is 1. The minimum absolute atomic E-state index is 0.212. The summed E-state index contributed by atoms with van der Waals surface area (Å²) in [5.74, 6) is -0.143. The Hall–Kier alpha value is -2.71. The predicted octanol–water partition coefficient (Wildman–Crippen LogP) is 4.07. The Morgan fingerprint density at radius 3 is 2.73 bits per heavy atom. The number of anilines is 1. The van der Waals surface area contributed by atoms with Crippen molar-refractivity contribution in [3.63, 3.8) is 0 Å². The molecule has 3 heterocycles. The molecule has 1 fully saturated rings. The van der Waals surface area contributed by atoms with Crippen LogP contribution >= 0.6 is 11.6 Å². The molecule has 1 amide bonds. The first-order chi connectivity index (χ1) is 15.6. The van der Waals surface area contributed by atoms with Gasteiger partial charge in [-0.1, -0.05) is 23.7 Å². The molecule has 8 nitrogen and oxygen atoms in total. The molecule has 33 heavy (non-hydrogen) atoms. The molecular weight excluding hydrogens is 444 g/mol. The highest BCUT2D eigenvalue weighted by Crippen LogP contribution is 2.32. The molecule has 1 saturated heterocycles. The molecular formula is C24H29ClN4O4. The second kappa shape index (κ2) is 9.27. The fraction of sp³-hybridized carbons (Fsp3) is 0.500. The number of carbonyl (C=O) groups excluding carboxylic acids is 2. The summed E-state index contributed by atoms with van der Waals surface area (Å²) in [6.07, 6.45) is 3.35. The molecule has 176 valence electrons. The van der Waals surface area contributed by atoms with E-state index in [0.717, 1.165) is 24.0 Å². The van der Waals surface area contributed by atoms with Gasteiger partial charge < -0.3 is 19.7 Å². The molecule has 2 aliphatic heterocycles. The molecule has 4 rings (SSSR count). The summed E-state index contributed by atoms with van der Waals surface area (Å²) < 4.78 is 10.9. The lowest BCUT2D eigenvalue weighted by Crippen LogP contribution is -2.42. The highest BCUT2D eigenvalue weighted by molar-refractivity contribution is 6.33. The Morgan fingerprint density at radius 1 is 1.30 bits per heavy atom. The minimum atomic E-state index is -0.689. The maximum Gasteiger partial charge on any atom is 0.329 e. The second-order valence-corrected chi connectivity index (χ2v) is 9.84. The van der Waals surface area contributed by atoms with Gasteiger partial charge in [0.2, 0.25) is 5.95 Å². The van der Waals surface area contributed by atoms with E-state index in [2.05, 4.69) is 15.3 Å². The number of hydrogen-bond donors (Lipinski definition) is 1. The number of amides is 1. The third-order valence-electron chi connectivity index (χ3n) is 5.73. The molecule has 2 aliphatic rings. The fourth-order valence-corrected chi connectivity index (χ4v) is 4.16. The third-order valence-corrected chi connectivity index (χ3v) is 6.01. The van der Waals surface area contributed by atoms with Crippen molar-refractivity contribution in [2.75, 3.05) is 18.5 Å². The number of hydrogen-bond acceptors (Lipinski definition) is 7. The zero-order valence-electron chi connectivity index (χ0n) is 19.4. The lowest BCUT2D eigenvalue weighted by atomic mass is 10.0. The number of benzene rings is 1. The average Bonchev–Trinajstić information content (AvgIpc) is 3.10. The van der Waals surface area contributed by atoms with E-state index in [1.807, 2.05) is 12.1 Å². The fourth-order valence-electron chi connectivity index (χ4n) is 3.96. The van der Waals surface area contributed by atoms with Gasteiger partial charge in [-0.15, -0.1) is 0 Å². The van der Waals surface area contributed by atoms with Crippen LogP contribution in [0, 0.1) is 0 Å². The third kappa shape index (κ3) is 5.28. The van der Waals surface area contributed by atoms with Crippen LogP contribution in [0.2, 0.25) is 5.02 Å². The minimum Gasteiger partial charge on any atom is -0.458 e. The normalized spacial score (nSPS) is 17.6. The van der Waals surface area contributed by atoms with Crippen LogP contribution in [0.4, 0.5) is 5.95 Å². The van der Waals surface area contributed by atoms with E-state index < -0.39 is 17.6 Å². The van der Waals surface area contributed by atoms with Crippen molar-refractivity contribution in [2.24, 2.45) is 0 Å². The molecule has 1 aromatic carbocycles. The molecule has 1 atom stereocenters. The van der Waals surface area contributed by atoms with Crippen molar-refractivity contribution >= 4 is 29.4 Å². The van der Waals surface area contributed by atoms with E-state index in [0.29, 0.717) is 42.0 Å². The van der Waals surface area contributed by atoms with E-state index in [4.69, 9.17) is 21.1 Å². The first kappa shape index (κ1) is 23.4. The number of fused-ring (bicyclic) bond motifs is 1. The van der Waals surface area contributed by atoms with Crippen LogP contribution in [-0.2, 0) is 20.8 Å². The number of esters is 1. The van der Waals surface area contributed by atoms with Crippen molar-refractivity contribution in [2.45, 2.75) is 64.8 Å². The number of nitrogens with one attached hydrogen (secondary N) is 1. The molecule has 2 aromatic rings. The van der Waals surface area contributed by atoms with Crippen LogP contribution in [-0.4, -0.2) is 57.6 Å². The quantitative estimate of drug-likeness (QED) is 0.655. The van der Waals surface area contributed by atoms with E-state index in [1.54, 1.807) is 40.0 Å². The van der Waals surface area contributed by atoms with Crippen molar-refractivity contribution in [1.82, 2.24) is 14.9 Å². The summed E-state index contributed by atoms with van der Waals surface area (Å²) in [6.45, 7) is 8.88. The summed E-state index contributed by atoms with van der Waals surface area (Å²) in [4.78, 5) is 36.1. The Labute approximate surface area is 198 Å². The number of aromatic nitrogens is 2. The maximum absolute atomic E-state index is 13.1. The SMILES string of the molecule is C[C@@H](C(=O)OC(C)(C)C)N1Cc2ccc(-c3nc(NC4CCOCC4)ncc3Cl)cc2C1=O. The highest BCUT2D eigenvalue weighted by atomic mass is 35.5. The van der Waals surface area contributed by atoms with Gasteiger partial charge in [0.25, 0.3) is 5.91 Å². The lowest BCUT2D eigenvalue weighted by molar-refractivity contribution is -0.159. The summed E-state index contributed by atoms with van der Waals surface area (Å²) in [6, 6.07) is 5.11. The van der Waals surface area contributed by atoms with Crippen LogP contribution < -0.4 is 5.32 Å². The second-order valence-electron chi connectivity index (χ2n) is 9.44. The van der Waals surface area contributed by atoms with Crippen molar-refractivity contribution < 1.29 is 19.1 Å². The first-order valence-electron chi connectivity index (χ1n) is 11.2. The molecule has 0 aliphatic carbocycles. The predicted molar refractivity (Wildman–Crippen MR) is 125 cm³/mol. The number of ether oxygens (including phenoxy) is 2. The van der Waals surface area contributed by atoms with E-state index in [9.17, 15) is 9.59 Å². The molecule has 0 radical (unpaired) electrons. The van der Waals surface area contributed by atoms with Crippen LogP contribution in [0.15, 0.2) is 24.4 Å². The van der Waals surface area contributed by atoms with Gasteiger partial charge in [0, 0.05) is 36.9 Å². The van der Waals surface area contributed by atoms with Gasteiger partial charge in [-0.25, -0.2) is 14.8 Å². The van der Waals surface area contributed by atoms with E-state index in [-0.39, 0.29) is 11.9 Å². The number of carbonyl (C=O) groups is 2. The maximum atomic E-state index is 13.1. The zero-order valence-corrected chi connectivity index (χ0v) is 20.1. The Balaban J connectivity index is 1.55. The topological polar surface area (TPSA) is 93.7 Å². The van der Waals surface area contributed by atoms with Crippen molar-refractivity contribution in [3.05, 3.63) is 40.5 Å². The van der Waals surface area contributed by atoms with Crippen LogP contribution in [0.5, 0.6) is 0 Å².